The molecule has 1 aliphatic rings. The van der Waals surface area contributed by atoms with Crippen molar-refractivity contribution in [3.63, 3.8) is 0 Å². The second-order valence-corrected chi connectivity index (χ2v) is 10.9. The van der Waals surface area contributed by atoms with Crippen LogP contribution < -0.4 is 0 Å². The van der Waals surface area contributed by atoms with Crippen LogP contribution in [0.25, 0.3) is 11.3 Å². The van der Waals surface area contributed by atoms with Gasteiger partial charge < -0.3 is 0 Å². The number of thiazole rings is 1. The third kappa shape index (κ3) is 4.65. The van der Waals surface area contributed by atoms with Crippen molar-refractivity contribution in [2.24, 2.45) is 5.92 Å². The van der Waals surface area contributed by atoms with E-state index >= 15 is 0 Å². The summed E-state index contributed by atoms with van der Waals surface area (Å²) in [6.07, 6.45) is 8.89. The first-order valence-electron chi connectivity index (χ1n) is 10.8. The maximum atomic E-state index is 4.97. The summed E-state index contributed by atoms with van der Waals surface area (Å²) in [5.74, 6) is 0.848. The fraction of sp³-hybridized carbons (Fsp3) is 0.640. The van der Waals surface area contributed by atoms with E-state index in [2.05, 4.69) is 65.1 Å². The second kappa shape index (κ2) is 8.07. The lowest BCUT2D eigenvalue weighted by molar-refractivity contribution is 0.332. The van der Waals surface area contributed by atoms with Crippen LogP contribution in [0.4, 0.5) is 0 Å². The minimum atomic E-state index is 0.259. The molecule has 0 saturated heterocycles. The number of aryl methyl sites for hydroxylation is 1. The van der Waals surface area contributed by atoms with Crippen molar-refractivity contribution < 1.29 is 0 Å². The second-order valence-electron chi connectivity index (χ2n) is 9.94. The number of rotatable bonds is 7. The van der Waals surface area contributed by atoms with E-state index in [0.717, 1.165) is 12.3 Å². The molecule has 2 heteroatoms. The van der Waals surface area contributed by atoms with Crippen LogP contribution in [0.3, 0.4) is 0 Å². The first kappa shape index (κ1) is 20.6. The average molecular weight is 384 g/mol. The lowest BCUT2D eigenvalue weighted by Gasteiger charge is -2.42. The molecule has 0 radical (unpaired) electrons. The lowest BCUT2D eigenvalue weighted by atomic mass is 9.63. The summed E-state index contributed by atoms with van der Waals surface area (Å²) in [4.78, 5) is 4.97. The summed E-state index contributed by atoms with van der Waals surface area (Å²) in [5, 5.41) is 3.55. The van der Waals surface area contributed by atoms with Crippen LogP contribution in [0.2, 0.25) is 0 Å². The van der Waals surface area contributed by atoms with E-state index in [1.165, 1.54) is 65.9 Å². The molecule has 0 fully saturated rings. The summed E-state index contributed by atoms with van der Waals surface area (Å²) < 4.78 is 0. The van der Waals surface area contributed by atoms with Gasteiger partial charge in [0.05, 0.1) is 10.7 Å². The molecule has 1 nitrogen and oxygen atoms in total. The standard InChI is InChI=1S/C25H37NS/c1-7-9-18(2)10-8-11-23-26-22(17-27-23)19-12-13-20-21(16-19)25(5,6)15-14-24(20,3)4/h12-13,16-18H,7-11,14-15H2,1-6H3. The Labute approximate surface area is 170 Å². The fourth-order valence-electron chi connectivity index (χ4n) is 4.55. The van der Waals surface area contributed by atoms with Crippen molar-refractivity contribution in [3.05, 3.63) is 39.7 Å². The number of nitrogens with zero attached hydrogens (tertiary/aromatic N) is 1. The van der Waals surface area contributed by atoms with Crippen LogP contribution in [0.5, 0.6) is 0 Å². The molecule has 1 aromatic heterocycles. The minimum Gasteiger partial charge on any atom is -0.241 e. The summed E-state index contributed by atoms with van der Waals surface area (Å²) >= 11 is 1.84. The van der Waals surface area contributed by atoms with Gasteiger partial charge in [-0.05, 0) is 59.6 Å². The largest absolute Gasteiger partial charge is 0.241 e. The first-order valence-corrected chi connectivity index (χ1v) is 11.7. The third-order valence-corrected chi connectivity index (χ3v) is 7.48. The van der Waals surface area contributed by atoms with Gasteiger partial charge in [-0.15, -0.1) is 11.3 Å². The van der Waals surface area contributed by atoms with Gasteiger partial charge in [0.25, 0.3) is 0 Å². The van der Waals surface area contributed by atoms with Crippen molar-refractivity contribution in [1.82, 2.24) is 4.98 Å². The number of fused-ring (bicyclic) bond motifs is 1. The van der Waals surface area contributed by atoms with Gasteiger partial charge in [-0.25, -0.2) is 4.98 Å². The van der Waals surface area contributed by atoms with Crippen molar-refractivity contribution in [1.29, 1.82) is 0 Å². The Morgan fingerprint density at radius 3 is 2.44 bits per heavy atom. The lowest BCUT2D eigenvalue weighted by Crippen LogP contribution is -2.33. The maximum absolute atomic E-state index is 4.97. The average Bonchev–Trinajstić information content (AvgIpc) is 3.08. The summed E-state index contributed by atoms with van der Waals surface area (Å²) in [6, 6.07) is 7.10. The van der Waals surface area contributed by atoms with Crippen LogP contribution in [-0.4, -0.2) is 4.98 Å². The Kier molecular flexibility index (Phi) is 6.15. The van der Waals surface area contributed by atoms with E-state index in [1.807, 2.05) is 11.3 Å². The topological polar surface area (TPSA) is 12.9 Å². The summed E-state index contributed by atoms with van der Waals surface area (Å²) in [5.41, 5.74) is 6.06. The molecule has 0 saturated carbocycles. The van der Waals surface area contributed by atoms with Gasteiger partial charge in [0, 0.05) is 10.9 Å². The number of aromatic nitrogens is 1. The number of hydrogen-bond acceptors (Lipinski definition) is 2. The molecule has 2 aromatic rings. The molecule has 148 valence electrons. The Bertz CT molecular complexity index is 768. The van der Waals surface area contributed by atoms with Gasteiger partial charge in [-0.1, -0.05) is 72.9 Å². The van der Waals surface area contributed by atoms with Crippen molar-refractivity contribution in [2.75, 3.05) is 0 Å². The zero-order valence-corrected chi connectivity index (χ0v) is 19.0. The molecule has 1 unspecified atom stereocenters. The van der Waals surface area contributed by atoms with Crippen LogP contribution in [0, 0.1) is 5.92 Å². The Morgan fingerprint density at radius 2 is 1.74 bits per heavy atom. The van der Waals surface area contributed by atoms with Crippen LogP contribution in [0.15, 0.2) is 23.6 Å². The smallest absolute Gasteiger partial charge is 0.0932 e. The van der Waals surface area contributed by atoms with Crippen LogP contribution in [-0.2, 0) is 17.3 Å². The van der Waals surface area contributed by atoms with Crippen molar-refractivity contribution in [3.8, 4) is 11.3 Å². The fourth-order valence-corrected chi connectivity index (χ4v) is 5.39. The Morgan fingerprint density at radius 1 is 1.04 bits per heavy atom. The highest BCUT2D eigenvalue weighted by Gasteiger charge is 2.37. The van der Waals surface area contributed by atoms with Gasteiger partial charge in [0.15, 0.2) is 0 Å². The molecule has 0 bridgehead atoms. The van der Waals surface area contributed by atoms with Crippen LogP contribution in [0.1, 0.15) is 96.2 Å². The van der Waals surface area contributed by atoms with Crippen LogP contribution >= 0.6 is 11.3 Å². The summed E-state index contributed by atoms with van der Waals surface area (Å²) in [6.45, 7) is 14.2. The van der Waals surface area contributed by atoms with Crippen molar-refractivity contribution >= 4 is 11.3 Å². The zero-order chi connectivity index (χ0) is 19.7. The molecule has 1 atom stereocenters. The third-order valence-electron chi connectivity index (χ3n) is 6.57. The Balaban J connectivity index is 1.75. The number of hydrogen-bond donors (Lipinski definition) is 0. The SMILES string of the molecule is CCCC(C)CCCc1nc(-c2ccc3c(c2)C(C)(C)CCC3(C)C)cs1. The molecule has 1 aromatic carbocycles. The highest BCUT2D eigenvalue weighted by molar-refractivity contribution is 7.09. The van der Waals surface area contributed by atoms with E-state index in [0.29, 0.717) is 0 Å². The molecular weight excluding hydrogens is 346 g/mol. The molecule has 0 N–H and O–H groups in total. The molecular formula is C25H37NS. The predicted octanol–water partition coefficient (Wildman–Crippen LogP) is 7.92. The molecule has 3 rings (SSSR count). The molecule has 0 spiro atoms. The molecule has 27 heavy (non-hydrogen) atoms. The summed E-state index contributed by atoms with van der Waals surface area (Å²) in [7, 11) is 0. The maximum Gasteiger partial charge on any atom is 0.0932 e. The first-order chi connectivity index (χ1) is 12.7. The molecule has 1 aliphatic carbocycles. The quantitative estimate of drug-likeness (QED) is 0.473. The predicted molar refractivity (Wildman–Crippen MR) is 120 cm³/mol. The van der Waals surface area contributed by atoms with Gasteiger partial charge >= 0.3 is 0 Å². The Hall–Kier alpha value is -1.15. The monoisotopic (exact) mass is 383 g/mol. The van der Waals surface area contributed by atoms with Gasteiger partial charge in [0.1, 0.15) is 0 Å². The van der Waals surface area contributed by atoms with E-state index in [4.69, 9.17) is 4.98 Å². The van der Waals surface area contributed by atoms with Gasteiger partial charge in [-0.2, -0.15) is 0 Å². The minimum absolute atomic E-state index is 0.259. The zero-order valence-electron chi connectivity index (χ0n) is 18.2. The highest BCUT2D eigenvalue weighted by atomic mass is 32.1. The van der Waals surface area contributed by atoms with E-state index in [-0.39, 0.29) is 10.8 Å². The van der Waals surface area contributed by atoms with Gasteiger partial charge in [-0.3, -0.25) is 0 Å². The molecule has 0 aliphatic heterocycles. The number of benzene rings is 1. The molecule has 0 amide bonds. The van der Waals surface area contributed by atoms with E-state index in [9.17, 15) is 0 Å². The van der Waals surface area contributed by atoms with E-state index in [1.54, 1.807) is 0 Å². The van der Waals surface area contributed by atoms with E-state index < -0.39 is 0 Å². The highest BCUT2D eigenvalue weighted by Crippen LogP contribution is 2.46. The van der Waals surface area contributed by atoms with Gasteiger partial charge in [0.2, 0.25) is 0 Å². The normalized spacial score (nSPS) is 18.9. The molecule has 1 heterocycles. The van der Waals surface area contributed by atoms with Crippen molar-refractivity contribution in [2.45, 2.75) is 97.3 Å².